The smallest absolute Gasteiger partial charge is 0.0524 e. The van der Waals surface area contributed by atoms with Gasteiger partial charge in [0.25, 0.3) is 0 Å². The summed E-state index contributed by atoms with van der Waals surface area (Å²) in [7, 11) is 0. The largest absolute Gasteiger partial charge is 0.304 e. The topological polar surface area (TPSA) is 24.1 Å². The second-order valence-electron chi connectivity index (χ2n) is 5.11. The Hall–Kier alpha value is -1.64. The van der Waals surface area contributed by atoms with Crippen molar-refractivity contribution in [3.8, 4) is 0 Å². The Bertz CT molecular complexity index is 538. The van der Waals surface area contributed by atoms with Gasteiger partial charge in [-0.2, -0.15) is 0 Å². The molecular weight excluding hydrogens is 220 g/mol. The first-order chi connectivity index (χ1) is 8.93. The Morgan fingerprint density at radius 2 is 1.11 bits per heavy atom. The lowest BCUT2D eigenvalue weighted by Crippen LogP contribution is -2.43. The third-order valence-corrected chi connectivity index (χ3v) is 4.14. The molecule has 2 N–H and O–H groups in total. The maximum absolute atomic E-state index is 3.67. The van der Waals surface area contributed by atoms with E-state index in [0.717, 1.165) is 13.1 Å². The van der Waals surface area contributed by atoms with Crippen LogP contribution in [0.3, 0.4) is 0 Å². The first-order valence-corrected chi connectivity index (χ1v) is 6.56. The molecule has 18 heavy (non-hydrogen) atoms. The van der Waals surface area contributed by atoms with Crippen LogP contribution < -0.4 is 10.6 Å². The van der Waals surface area contributed by atoms with E-state index in [9.17, 15) is 0 Å². The van der Waals surface area contributed by atoms with Crippen LogP contribution in [0.2, 0.25) is 0 Å². The summed E-state index contributed by atoms with van der Waals surface area (Å²) in [4.78, 5) is 0. The van der Waals surface area contributed by atoms with Gasteiger partial charge in [0, 0.05) is 13.1 Å². The lowest BCUT2D eigenvalue weighted by atomic mass is 9.82. The van der Waals surface area contributed by atoms with Gasteiger partial charge in [0.05, 0.1) is 12.1 Å². The van der Waals surface area contributed by atoms with E-state index in [2.05, 4.69) is 59.2 Å². The fourth-order valence-corrected chi connectivity index (χ4v) is 3.25. The predicted molar refractivity (Wildman–Crippen MR) is 72.0 cm³/mol. The number of hydrogen-bond acceptors (Lipinski definition) is 2. The lowest BCUT2D eigenvalue weighted by Gasteiger charge is -2.40. The lowest BCUT2D eigenvalue weighted by molar-refractivity contribution is 0.334. The molecule has 2 heteroatoms. The zero-order valence-electron chi connectivity index (χ0n) is 10.2. The van der Waals surface area contributed by atoms with Crippen LogP contribution in [0.1, 0.15) is 34.3 Å². The van der Waals surface area contributed by atoms with Crippen LogP contribution in [0.25, 0.3) is 0 Å². The van der Waals surface area contributed by atoms with Crippen LogP contribution in [-0.2, 0) is 13.1 Å². The molecule has 2 nitrogen and oxygen atoms in total. The van der Waals surface area contributed by atoms with Gasteiger partial charge < -0.3 is 10.6 Å². The zero-order valence-corrected chi connectivity index (χ0v) is 10.2. The molecule has 0 spiro atoms. The molecular formula is C16H16N2. The number of fused-ring (bicyclic) bond motifs is 5. The fourth-order valence-electron chi connectivity index (χ4n) is 3.25. The van der Waals surface area contributed by atoms with Gasteiger partial charge in [0.15, 0.2) is 0 Å². The quantitative estimate of drug-likeness (QED) is 0.735. The minimum atomic E-state index is 0.407. The van der Waals surface area contributed by atoms with E-state index in [1.165, 1.54) is 22.3 Å². The molecule has 0 aromatic heterocycles. The van der Waals surface area contributed by atoms with Crippen LogP contribution in [0.15, 0.2) is 48.5 Å². The highest BCUT2D eigenvalue weighted by atomic mass is 15.1. The summed E-state index contributed by atoms with van der Waals surface area (Å²) in [6.07, 6.45) is 0. The highest BCUT2D eigenvalue weighted by Gasteiger charge is 2.33. The molecule has 0 bridgehead atoms. The van der Waals surface area contributed by atoms with Crippen molar-refractivity contribution >= 4 is 0 Å². The van der Waals surface area contributed by atoms with E-state index in [1.807, 2.05) is 0 Å². The Balaban J connectivity index is 1.83. The summed E-state index contributed by atoms with van der Waals surface area (Å²) in [5.41, 5.74) is 5.75. The van der Waals surface area contributed by atoms with Gasteiger partial charge in [-0.1, -0.05) is 48.5 Å². The standard InChI is InChI=1S/C16H16N2/c1-3-7-13-11(5-1)9-17-16-14-8-4-2-6-12(14)10-18-15(13)16/h1-8,15-18H,9-10H2/t15-,16-/m0/s1. The zero-order chi connectivity index (χ0) is 11.9. The summed E-state index contributed by atoms with van der Waals surface area (Å²) >= 11 is 0. The maximum atomic E-state index is 3.67. The highest BCUT2D eigenvalue weighted by Crippen LogP contribution is 2.39. The molecule has 0 saturated carbocycles. The van der Waals surface area contributed by atoms with E-state index in [0.29, 0.717) is 12.1 Å². The summed E-state index contributed by atoms with van der Waals surface area (Å²) in [5.74, 6) is 0. The molecule has 0 aliphatic carbocycles. The molecule has 2 atom stereocenters. The second kappa shape index (κ2) is 3.94. The first-order valence-electron chi connectivity index (χ1n) is 6.56. The molecule has 0 saturated heterocycles. The molecule has 2 aliphatic heterocycles. The van der Waals surface area contributed by atoms with Gasteiger partial charge >= 0.3 is 0 Å². The number of benzene rings is 2. The van der Waals surface area contributed by atoms with Crippen LogP contribution in [0.5, 0.6) is 0 Å². The van der Waals surface area contributed by atoms with E-state index in [-0.39, 0.29) is 0 Å². The molecule has 2 aromatic carbocycles. The van der Waals surface area contributed by atoms with Crippen LogP contribution in [-0.4, -0.2) is 0 Å². The highest BCUT2D eigenvalue weighted by molar-refractivity contribution is 5.41. The van der Waals surface area contributed by atoms with Gasteiger partial charge in [-0.3, -0.25) is 0 Å². The molecule has 2 aromatic rings. The molecule has 0 unspecified atom stereocenters. The summed E-state index contributed by atoms with van der Waals surface area (Å²) in [6, 6.07) is 18.3. The average molecular weight is 236 g/mol. The molecule has 4 rings (SSSR count). The van der Waals surface area contributed by atoms with Crippen molar-refractivity contribution in [2.45, 2.75) is 25.2 Å². The van der Waals surface area contributed by atoms with E-state index in [1.54, 1.807) is 0 Å². The van der Waals surface area contributed by atoms with Crippen LogP contribution >= 0.6 is 0 Å². The number of nitrogens with one attached hydrogen (secondary N) is 2. The van der Waals surface area contributed by atoms with Gasteiger partial charge in [-0.15, -0.1) is 0 Å². The van der Waals surface area contributed by atoms with E-state index >= 15 is 0 Å². The molecule has 0 amide bonds. The van der Waals surface area contributed by atoms with Crippen molar-refractivity contribution in [3.63, 3.8) is 0 Å². The Morgan fingerprint density at radius 1 is 0.667 bits per heavy atom. The Labute approximate surface area is 107 Å². The summed E-state index contributed by atoms with van der Waals surface area (Å²) in [6.45, 7) is 1.93. The van der Waals surface area contributed by atoms with Crippen molar-refractivity contribution in [1.82, 2.24) is 10.6 Å². The third kappa shape index (κ3) is 1.43. The summed E-state index contributed by atoms with van der Waals surface area (Å²) in [5, 5.41) is 7.34. The molecule has 90 valence electrons. The van der Waals surface area contributed by atoms with E-state index < -0.39 is 0 Å². The summed E-state index contributed by atoms with van der Waals surface area (Å²) < 4.78 is 0. The predicted octanol–water partition coefficient (Wildman–Crippen LogP) is 2.68. The molecule has 2 heterocycles. The third-order valence-electron chi connectivity index (χ3n) is 4.14. The minimum Gasteiger partial charge on any atom is -0.304 e. The Morgan fingerprint density at radius 3 is 1.61 bits per heavy atom. The molecule has 0 fully saturated rings. The molecule has 2 aliphatic rings. The van der Waals surface area contributed by atoms with Gasteiger partial charge in [0.1, 0.15) is 0 Å². The first kappa shape index (κ1) is 10.3. The van der Waals surface area contributed by atoms with Crippen molar-refractivity contribution in [2.24, 2.45) is 0 Å². The van der Waals surface area contributed by atoms with Crippen molar-refractivity contribution < 1.29 is 0 Å². The van der Waals surface area contributed by atoms with Crippen molar-refractivity contribution in [3.05, 3.63) is 70.8 Å². The molecule has 0 radical (unpaired) electrons. The monoisotopic (exact) mass is 236 g/mol. The van der Waals surface area contributed by atoms with Crippen LogP contribution in [0, 0.1) is 0 Å². The minimum absolute atomic E-state index is 0.407. The van der Waals surface area contributed by atoms with Crippen LogP contribution in [0.4, 0.5) is 0 Å². The maximum Gasteiger partial charge on any atom is 0.0524 e. The number of rotatable bonds is 0. The number of hydrogen-bond donors (Lipinski definition) is 2. The van der Waals surface area contributed by atoms with Crippen molar-refractivity contribution in [1.29, 1.82) is 0 Å². The average Bonchev–Trinajstić information content (AvgIpc) is 2.46. The van der Waals surface area contributed by atoms with Crippen molar-refractivity contribution in [2.75, 3.05) is 0 Å². The van der Waals surface area contributed by atoms with E-state index in [4.69, 9.17) is 0 Å². The Kier molecular flexibility index (Phi) is 2.25. The van der Waals surface area contributed by atoms with Gasteiger partial charge in [0.2, 0.25) is 0 Å². The normalized spacial score (nSPS) is 24.9. The fraction of sp³-hybridized carbons (Fsp3) is 0.250. The van der Waals surface area contributed by atoms with Gasteiger partial charge in [-0.05, 0) is 22.3 Å². The van der Waals surface area contributed by atoms with Gasteiger partial charge in [-0.25, -0.2) is 0 Å². The SMILES string of the molecule is c1ccc2c(c1)CN[C@H]1c3ccccc3CN[C@@H]21. The second-order valence-corrected chi connectivity index (χ2v) is 5.11.